The lowest BCUT2D eigenvalue weighted by molar-refractivity contribution is 0.186. The molecule has 1 aliphatic heterocycles. The van der Waals surface area contributed by atoms with Crippen molar-refractivity contribution in [2.75, 3.05) is 25.9 Å². The van der Waals surface area contributed by atoms with Crippen LogP contribution in [0.15, 0.2) is 0 Å². The summed E-state index contributed by atoms with van der Waals surface area (Å²) < 4.78 is 26.3. The molecule has 0 spiro atoms. The molecule has 0 bridgehead atoms. The van der Waals surface area contributed by atoms with E-state index in [1.165, 1.54) is 0 Å². The topological polar surface area (TPSA) is 81.4 Å². The van der Waals surface area contributed by atoms with Crippen LogP contribution in [0, 0.1) is 5.92 Å². The zero-order valence-corrected chi connectivity index (χ0v) is 7.80. The number of nitrogens with one attached hydrogen (secondary N) is 1. The molecule has 5 nitrogen and oxygen atoms in total. The highest BCUT2D eigenvalue weighted by atomic mass is 32.2. The van der Waals surface area contributed by atoms with Crippen molar-refractivity contribution in [2.24, 2.45) is 11.7 Å². The third-order valence-corrected chi connectivity index (χ3v) is 2.48. The molecule has 2 atom stereocenters. The van der Waals surface area contributed by atoms with Crippen LogP contribution in [0.5, 0.6) is 0 Å². The third-order valence-electron chi connectivity index (χ3n) is 1.88. The van der Waals surface area contributed by atoms with Gasteiger partial charge in [-0.1, -0.05) is 0 Å². The van der Waals surface area contributed by atoms with Crippen LogP contribution in [0.3, 0.4) is 0 Å². The van der Waals surface area contributed by atoms with Crippen molar-refractivity contribution in [2.45, 2.75) is 6.10 Å². The van der Waals surface area contributed by atoms with Gasteiger partial charge in [-0.25, -0.2) is 0 Å². The molecule has 3 N–H and O–H groups in total. The van der Waals surface area contributed by atoms with Crippen molar-refractivity contribution < 1.29 is 12.6 Å². The molecule has 0 aromatic heterocycles. The lowest BCUT2D eigenvalue weighted by Gasteiger charge is -2.14. The largest absolute Gasteiger partial charge is 0.330 e. The van der Waals surface area contributed by atoms with E-state index in [9.17, 15) is 8.42 Å². The van der Waals surface area contributed by atoms with Crippen LogP contribution < -0.4 is 11.1 Å². The molecule has 1 heterocycles. The van der Waals surface area contributed by atoms with Gasteiger partial charge in [0, 0.05) is 19.0 Å². The predicted molar refractivity (Wildman–Crippen MR) is 45.1 cm³/mol. The van der Waals surface area contributed by atoms with Gasteiger partial charge in [-0.05, 0) is 6.54 Å². The molecule has 0 saturated carbocycles. The van der Waals surface area contributed by atoms with Gasteiger partial charge >= 0.3 is 0 Å². The first-order valence-corrected chi connectivity index (χ1v) is 5.63. The van der Waals surface area contributed by atoms with Crippen LogP contribution in [-0.4, -0.2) is 40.4 Å². The van der Waals surface area contributed by atoms with E-state index < -0.39 is 10.1 Å². The highest BCUT2D eigenvalue weighted by Crippen LogP contribution is 2.13. The highest BCUT2D eigenvalue weighted by Gasteiger charge is 2.29. The first kappa shape index (κ1) is 9.91. The van der Waals surface area contributed by atoms with E-state index in [1.54, 1.807) is 0 Å². The molecule has 0 aromatic carbocycles. The van der Waals surface area contributed by atoms with Gasteiger partial charge < -0.3 is 11.1 Å². The standard InChI is InChI=1S/C6H14N2O3S/c1-12(9,10)11-6-4-8-3-5(6)2-7/h5-6,8H,2-4,7H2,1H3. The SMILES string of the molecule is CS(=O)(=O)OC1CNCC1CN. The van der Waals surface area contributed by atoms with E-state index in [0.717, 1.165) is 12.8 Å². The summed E-state index contributed by atoms with van der Waals surface area (Å²) in [5.74, 6) is 0.111. The van der Waals surface area contributed by atoms with E-state index in [2.05, 4.69) is 5.32 Å². The second-order valence-corrected chi connectivity index (χ2v) is 4.59. The first-order chi connectivity index (χ1) is 5.53. The Morgan fingerprint density at radius 1 is 1.58 bits per heavy atom. The molecule has 0 aromatic rings. The highest BCUT2D eigenvalue weighted by molar-refractivity contribution is 7.86. The Morgan fingerprint density at radius 3 is 2.75 bits per heavy atom. The summed E-state index contributed by atoms with van der Waals surface area (Å²) in [4.78, 5) is 0. The Morgan fingerprint density at radius 2 is 2.25 bits per heavy atom. The molecule has 0 amide bonds. The van der Waals surface area contributed by atoms with Crippen LogP contribution >= 0.6 is 0 Å². The van der Waals surface area contributed by atoms with E-state index >= 15 is 0 Å². The minimum absolute atomic E-state index is 0.111. The number of hydrogen-bond acceptors (Lipinski definition) is 5. The normalized spacial score (nSPS) is 30.8. The van der Waals surface area contributed by atoms with Gasteiger partial charge in [-0.3, -0.25) is 4.18 Å². The summed E-state index contributed by atoms with van der Waals surface area (Å²) in [5.41, 5.74) is 5.43. The van der Waals surface area contributed by atoms with E-state index in [0.29, 0.717) is 13.1 Å². The summed E-state index contributed by atoms with van der Waals surface area (Å²) in [6, 6.07) is 0. The van der Waals surface area contributed by atoms with Crippen LogP contribution in [0.25, 0.3) is 0 Å². The maximum atomic E-state index is 10.8. The summed E-state index contributed by atoms with van der Waals surface area (Å²) in [7, 11) is -3.35. The van der Waals surface area contributed by atoms with Gasteiger partial charge in [-0.2, -0.15) is 8.42 Å². The molecular weight excluding hydrogens is 180 g/mol. The van der Waals surface area contributed by atoms with Crippen molar-refractivity contribution in [3.63, 3.8) is 0 Å². The molecule has 1 saturated heterocycles. The third kappa shape index (κ3) is 2.71. The predicted octanol–water partition coefficient (Wildman–Crippen LogP) is -1.49. The van der Waals surface area contributed by atoms with Gasteiger partial charge in [0.25, 0.3) is 10.1 Å². The van der Waals surface area contributed by atoms with Gasteiger partial charge in [0.15, 0.2) is 0 Å². The molecule has 1 rings (SSSR count). The Balaban J connectivity index is 2.52. The minimum Gasteiger partial charge on any atom is -0.330 e. The average Bonchev–Trinajstić information content (AvgIpc) is 2.31. The van der Waals surface area contributed by atoms with Crippen LogP contribution in [0.1, 0.15) is 0 Å². The molecule has 0 radical (unpaired) electrons. The van der Waals surface area contributed by atoms with Crippen molar-refractivity contribution in [1.29, 1.82) is 0 Å². The lowest BCUT2D eigenvalue weighted by atomic mass is 10.1. The van der Waals surface area contributed by atoms with Gasteiger partial charge in [0.2, 0.25) is 0 Å². The second-order valence-electron chi connectivity index (χ2n) is 2.99. The Bertz CT molecular complexity index is 239. The summed E-state index contributed by atoms with van der Waals surface area (Å²) in [5, 5.41) is 3.03. The molecule has 1 fully saturated rings. The molecular formula is C6H14N2O3S. The van der Waals surface area contributed by atoms with Crippen molar-refractivity contribution >= 4 is 10.1 Å². The molecule has 1 aliphatic rings. The minimum atomic E-state index is -3.35. The second kappa shape index (κ2) is 3.69. The van der Waals surface area contributed by atoms with Gasteiger partial charge in [-0.15, -0.1) is 0 Å². The number of nitrogens with two attached hydrogens (primary N) is 1. The maximum absolute atomic E-state index is 10.8. The van der Waals surface area contributed by atoms with Crippen LogP contribution in [0.2, 0.25) is 0 Å². The van der Waals surface area contributed by atoms with E-state index in [-0.39, 0.29) is 12.0 Å². The lowest BCUT2D eigenvalue weighted by Crippen LogP contribution is -2.30. The van der Waals surface area contributed by atoms with E-state index in [1.807, 2.05) is 0 Å². The average molecular weight is 194 g/mol. The zero-order valence-electron chi connectivity index (χ0n) is 6.99. The molecule has 12 heavy (non-hydrogen) atoms. The molecule has 6 heteroatoms. The number of hydrogen-bond donors (Lipinski definition) is 2. The fraction of sp³-hybridized carbons (Fsp3) is 1.00. The quantitative estimate of drug-likeness (QED) is 0.535. The van der Waals surface area contributed by atoms with Crippen molar-refractivity contribution in [3.05, 3.63) is 0 Å². The smallest absolute Gasteiger partial charge is 0.264 e. The van der Waals surface area contributed by atoms with Crippen molar-refractivity contribution in [3.8, 4) is 0 Å². The molecule has 72 valence electrons. The number of rotatable bonds is 3. The summed E-state index contributed by atoms with van der Waals surface area (Å²) >= 11 is 0. The van der Waals surface area contributed by atoms with E-state index in [4.69, 9.17) is 9.92 Å². The van der Waals surface area contributed by atoms with Gasteiger partial charge in [0.1, 0.15) is 0 Å². The van der Waals surface area contributed by atoms with Crippen LogP contribution in [-0.2, 0) is 14.3 Å². The summed E-state index contributed by atoms with van der Waals surface area (Å²) in [6.07, 6.45) is 0.767. The maximum Gasteiger partial charge on any atom is 0.264 e. The van der Waals surface area contributed by atoms with Crippen molar-refractivity contribution in [1.82, 2.24) is 5.32 Å². The Labute approximate surface area is 72.4 Å². The Kier molecular flexibility index (Phi) is 3.05. The Hall–Kier alpha value is -0.170. The fourth-order valence-electron chi connectivity index (χ4n) is 1.28. The molecule has 0 aliphatic carbocycles. The molecule has 2 unspecified atom stereocenters. The van der Waals surface area contributed by atoms with Crippen LogP contribution in [0.4, 0.5) is 0 Å². The summed E-state index contributed by atoms with van der Waals surface area (Å²) in [6.45, 7) is 1.75. The van der Waals surface area contributed by atoms with Gasteiger partial charge in [0.05, 0.1) is 12.4 Å². The fourth-order valence-corrected chi connectivity index (χ4v) is 1.96. The zero-order chi connectivity index (χ0) is 9.19. The first-order valence-electron chi connectivity index (χ1n) is 3.82. The monoisotopic (exact) mass is 194 g/mol.